The van der Waals surface area contributed by atoms with E-state index in [0.29, 0.717) is 42.8 Å². The number of hydrogen-bond donors (Lipinski definition) is 4. The van der Waals surface area contributed by atoms with Crippen LogP contribution in [0.5, 0.6) is 0 Å². The fourth-order valence-corrected chi connectivity index (χ4v) is 8.24. The van der Waals surface area contributed by atoms with E-state index in [2.05, 4.69) is 54.6 Å². The van der Waals surface area contributed by atoms with Crippen molar-refractivity contribution in [3.8, 4) is 33.4 Å². The first-order valence-electron chi connectivity index (χ1n) is 23.7. The number of fused-ring (bicyclic) bond motifs is 2. The summed E-state index contributed by atoms with van der Waals surface area (Å²) in [7, 11) is 0. The van der Waals surface area contributed by atoms with Crippen LogP contribution in [-0.4, -0.2) is 58.3 Å². The topological polar surface area (TPSA) is 181 Å². The Labute approximate surface area is 454 Å². The molecule has 5 N–H and O–H groups in total. The van der Waals surface area contributed by atoms with Crippen LogP contribution in [0.4, 0.5) is 5.82 Å². The average molecular weight is 1180 g/mol. The molecule has 0 amide bonds. The van der Waals surface area contributed by atoms with Gasteiger partial charge in [-0.05, 0) is 46.7 Å². The number of esters is 1. The third-order valence-electron chi connectivity index (χ3n) is 11.7. The number of nitrogen functional groups attached to an aromatic ring is 1. The van der Waals surface area contributed by atoms with Crippen LogP contribution in [0.2, 0.25) is 0 Å². The van der Waals surface area contributed by atoms with E-state index < -0.39 is 11.9 Å². The molecular weight excluding hydrogens is 1130 g/mol. The molecule has 5 aromatic heterocycles. The van der Waals surface area contributed by atoms with E-state index in [1.165, 1.54) is 10.1 Å². The number of ether oxygens (including phenoxy) is 1. The van der Waals surface area contributed by atoms with Gasteiger partial charge in [-0.1, -0.05) is 202 Å². The molecule has 13 nitrogen and oxygen atoms in total. The molecule has 0 radical (unpaired) electrons. The first kappa shape index (κ1) is 55.7. The molecule has 1 atom stereocenters. The molecule has 11 rings (SSSR count). The zero-order chi connectivity index (χ0) is 50.8. The van der Waals surface area contributed by atoms with Crippen molar-refractivity contribution in [3.63, 3.8) is 0 Å². The van der Waals surface area contributed by atoms with Crippen LogP contribution >= 0.6 is 12.2 Å². The minimum absolute atomic E-state index is 0. The predicted molar refractivity (Wildman–Crippen MR) is 297 cm³/mol. The van der Waals surface area contributed by atoms with Gasteiger partial charge in [0, 0.05) is 86.5 Å². The Hall–Kier alpha value is -8.58. The standard InChI is InChI=1S/C19H15N3O.C19H15N3S.C12H14O3.C9H9N3.CH4.W/c2*23-19-16(11-14-7-3-1-4-8-14)12-20-18-17(13-21-22(18)19)15-9-5-2-6-10-15;1-2-15-12(14)11(9-13)8-10-6-4-3-5-7-10;10-9-8(6-11-12-9)7-4-2-1-3-5-7;;/h2*1-10,12-13,21H,11H2;3-7,9,11H,2,8H2,1H3;1-6H,(H3,10,11,12);1H4;. The SMILES string of the molecule is C.CCOC(=O)C(C=O)Cc1ccccc1.Nc1[nH]ncc1-c1ccccc1.O=c1c(Cc2ccccc2)cnc2c(-c3ccccc3)c[nH]n12.S=c1c(Cc2ccccc2)cnc2c(-c3ccccc3)c[nH]n12.[W]. The third-order valence-corrected chi connectivity index (χ3v) is 12.1. The fourth-order valence-electron chi connectivity index (χ4n) is 7.97. The van der Waals surface area contributed by atoms with Gasteiger partial charge in [-0.25, -0.2) is 19.0 Å². The molecule has 0 spiro atoms. The number of nitrogens with zero attached hydrogens (tertiary/aromatic N) is 5. The van der Waals surface area contributed by atoms with Gasteiger partial charge in [0.05, 0.1) is 12.8 Å². The van der Waals surface area contributed by atoms with Crippen molar-refractivity contribution in [2.45, 2.75) is 33.6 Å². The minimum Gasteiger partial charge on any atom is -0.465 e. The summed E-state index contributed by atoms with van der Waals surface area (Å²) in [5.74, 6) is -0.523. The van der Waals surface area contributed by atoms with Crippen molar-refractivity contribution in [1.82, 2.24) is 39.4 Å². The van der Waals surface area contributed by atoms with Gasteiger partial charge >= 0.3 is 5.97 Å². The Bertz CT molecular complexity index is 3440. The molecule has 0 aliphatic heterocycles. The van der Waals surface area contributed by atoms with Crippen molar-refractivity contribution >= 4 is 41.6 Å². The van der Waals surface area contributed by atoms with Crippen LogP contribution in [0.1, 0.15) is 42.2 Å². The van der Waals surface area contributed by atoms with Gasteiger partial charge in [-0.2, -0.15) is 5.10 Å². The number of hydrogen-bond acceptors (Lipinski definition) is 9. The van der Waals surface area contributed by atoms with Crippen LogP contribution in [0.25, 0.3) is 44.7 Å². The third kappa shape index (κ3) is 14.6. The van der Waals surface area contributed by atoms with Crippen LogP contribution in [0.3, 0.4) is 0 Å². The molecule has 0 fully saturated rings. The van der Waals surface area contributed by atoms with Gasteiger partial charge in [0.25, 0.3) is 5.56 Å². The second kappa shape index (κ2) is 28.0. The number of carbonyl (C=O) groups is 2. The quantitative estimate of drug-likeness (QED) is 0.0400. The predicted octanol–water partition coefficient (Wildman–Crippen LogP) is 11.8. The largest absolute Gasteiger partial charge is 0.465 e. The summed E-state index contributed by atoms with van der Waals surface area (Å²) in [6.45, 7) is 2.03. The molecule has 1 unspecified atom stereocenters. The van der Waals surface area contributed by atoms with Gasteiger partial charge < -0.3 is 15.3 Å². The van der Waals surface area contributed by atoms with Gasteiger partial charge in [0.1, 0.15) is 22.7 Å². The van der Waals surface area contributed by atoms with Crippen LogP contribution < -0.4 is 11.3 Å². The number of aromatic nitrogens is 8. The van der Waals surface area contributed by atoms with Gasteiger partial charge in [-0.15, -0.1) is 0 Å². The van der Waals surface area contributed by atoms with Crippen molar-refractivity contribution in [1.29, 1.82) is 0 Å². The van der Waals surface area contributed by atoms with E-state index in [-0.39, 0.29) is 34.1 Å². The molecule has 15 heteroatoms. The fraction of sp³-hybridized carbons (Fsp3) is 0.117. The van der Waals surface area contributed by atoms with Crippen molar-refractivity contribution in [2.75, 3.05) is 12.3 Å². The first-order valence-corrected chi connectivity index (χ1v) is 24.1. The number of aromatic amines is 3. The van der Waals surface area contributed by atoms with E-state index in [1.807, 2.05) is 181 Å². The Kier molecular flexibility index (Phi) is 20.8. The summed E-state index contributed by atoms with van der Waals surface area (Å²) in [6, 6.07) is 59.7. The summed E-state index contributed by atoms with van der Waals surface area (Å²) >= 11 is 5.65. The van der Waals surface area contributed by atoms with E-state index in [4.69, 9.17) is 22.7 Å². The Morgan fingerprint density at radius 1 is 0.613 bits per heavy atom. The Morgan fingerprint density at radius 3 is 1.48 bits per heavy atom. The molecule has 11 aromatic rings. The monoisotopic (exact) mass is 1180 g/mol. The Morgan fingerprint density at radius 2 is 1.03 bits per heavy atom. The molecule has 0 aliphatic rings. The second-order valence-corrected chi connectivity index (χ2v) is 17.1. The molecule has 0 saturated heterocycles. The number of benzene rings is 6. The smallest absolute Gasteiger partial charge is 0.316 e. The number of aldehydes is 1. The van der Waals surface area contributed by atoms with E-state index >= 15 is 0 Å². The van der Waals surface area contributed by atoms with Gasteiger partial charge in [-0.3, -0.25) is 24.9 Å². The number of carbonyl (C=O) groups excluding carboxylic acids is 2. The van der Waals surface area contributed by atoms with Crippen LogP contribution in [0, 0.1) is 10.6 Å². The maximum absolute atomic E-state index is 12.7. The summed E-state index contributed by atoms with van der Waals surface area (Å²) < 4.78 is 8.98. The normalized spacial score (nSPS) is 10.7. The molecular formula is C60H57N9O4SW. The van der Waals surface area contributed by atoms with Gasteiger partial charge in [0.15, 0.2) is 11.3 Å². The molecule has 6 aromatic carbocycles. The molecule has 378 valence electrons. The van der Waals surface area contributed by atoms with Crippen LogP contribution in [0.15, 0.2) is 218 Å². The molecule has 75 heavy (non-hydrogen) atoms. The van der Waals surface area contributed by atoms with E-state index in [9.17, 15) is 14.4 Å². The van der Waals surface area contributed by atoms with E-state index in [1.54, 1.807) is 19.3 Å². The van der Waals surface area contributed by atoms with Crippen molar-refractivity contribution in [3.05, 3.63) is 256 Å². The molecule has 0 saturated carbocycles. The second-order valence-electron chi connectivity index (χ2n) is 16.7. The van der Waals surface area contributed by atoms with E-state index in [0.717, 1.165) is 66.8 Å². The minimum atomic E-state index is -0.688. The maximum Gasteiger partial charge on any atom is 0.316 e. The summed E-state index contributed by atoms with van der Waals surface area (Å²) in [4.78, 5) is 43.9. The Balaban J connectivity index is 0.000000166. The summed E-state index contributed by atoms with van der Waals surface area (Å²) in [5.41, 5.74) is 18.3. The van der Waals surface area contributed by atoms with Crippen LogP contribution in [-0.2, 0) is 54.7 Å². The van der Waals surface area contributed by atoms with Crippen molar-refractivity contribution in [2.24, 2.45) is 5.92 Å². The number of H-pyrrole nitrogens is 3. The van der Waals surface area contributed by atoms with Crippen molar-refractivity contribution < 1.29 is 35.4 Å². The first-order chi connectivity index (χ1) is 35.8. The average Bonchev–Trinajstić information content (AvgIpc) is 4.21. The number of anilines is 1. The zero-order valence-electron chi connectivity index (χ0n) is 40.5. The maximum atomic E-state index is 12.7. The molecule has 5 heterocycles. The number of nitrogens with two attached hydrogens (primary N) is 1. The summed E-state index contributed by atoms with van der Waals surface area (Å²) in [6.07, 6.45) is 11.5. The van der Waals surface area contributed by atoms with Gasteiger partial charge in [0.2, 0.25) is 0 Å². The number of nitrogens with one attached hydrogen (secondary N) is 3. The molecule has 0 bridgehead atoms. The number of rotatable bonds is 12. The zero-order valence-corrected chi connectivity index (χ0v) is 44.2. The summed E-state index contributed by atoms with van der Waals surface area (Å²) in [5, 5.41) is 12.8. The molecule has 0 aliphatic carbocycles.